The smallest absolute Gasteiger partial charge is 0.273 e. The first-order chi connectivity index (χ1) is 9.80. The third-order valence-electron chi connectivity index (χ3n) is 2.74. The van der Waals surface area contributed by atoms with E-state index in [1.807, 2.05) is 0 Å². The summed E-state index contributed by atoms with van der Waals surface area (Å²) in [6.07, 6.45) is -0.283. The molecule has 112 valence electrons. The first-order valence-electron chi connectivity index (χ1n) is 5.93. The highest BCUT2D eigenvalue weighted by Crippen LogP contribution is 2.33. The molecule has 1 amide bonds. The molecule has 4 nitrogen and oxygen atoms in total. The van der Waals surface area contributed by atoms with Gasteiger partial charge in [0.15, 0.2) is 0 Å². The van der Waals surface area contributed by atoms with Crippen LogP contribution in [0.3, 0.4) is 0 Å². The summed E-state index contributed by atoms with van der Waals surface area (Å²) < 4.78 is 51.2. The minimum Gasteiger partial charge on any atom is -0.273 e. The van der Waals surface area contributed by atoms with E-state index in [1.54, 1.807) is 6.08 Å². The van der Waals surface area contributed by atoms with Crippen molar-refractivity contribution in [3.05, 3.63) is 41.9 Å². The molecule has 0 aromatic heterocycles. The van der Waals surface area contributed by atoms with Crippen LogP contribution in [0.2, 0.25) is 0 Å². The van der Waals surface area contributed by atoms with E-state index in [2.05, 4.69) is 4.99 Å². The number of halogens is 4. The van der Waals surface area contributed by atoms with Gasteiger partial charge in [0.25, 0.3) is 0 Å². The number of alkyl halides is 3. The molecule has 0 unspecified atom stereocenters. The topological polar surface area (TPSA) is 35.9 Å². The molecule has 2 rings (SSSR count). The molecule has 1 heterocycles. The number of carbonyl (C=O) groups excluding carboxylic acids is 1. The van der Waals surface area contributed by atoms with E-state index in [-0.39, 0.29) is 5.69 Å². The molecule has 0 atom stereocenters. The van der Waals surface area contributed by atoms with Gasteiger partial charge in [-0.25, -0.2) is 14.4 Å². The summed E-state index contributed by atoms with van der Waals surface area (Å²) in [7, 11) is 0. The zero-order chi connectivity index (χ0) is 15.6. The van der Waals surface area contributed by atoms with Crippen molar-refractivity contribution >= 4 is 17.9 Å². The molecule has 1 aromatic rings. The van der Waals surface area contributed by atoms with Gasteiger partial charge in [-0.05, 0) is 18.2 Å². The van der Waals surface area contributed by atoms with Crippen LogP contribution in [-0.2, 0) is 11.0 Å². The first kappa shape index (κ1) is 15.0. The fourth-order valence-electron chi connectivity index (χ4n) is 1.89. The van der Waals surface area contributed by atoms with Crippen molar-refractivity contribution in [2.75, 3.05) is 11.6 Å². The van der Waals surface area contributed by atoms with Crippen LogP contribution in [0.1, 0.15) is 12.5 Å². The predicted molar refractivity (Wildman–Crippen MR) is 68.9 cm³/mol. The summed E-state index contributed by atoms with van der Waals surface area (Å²) in [6.45, 7) is 1.52. The fourth-order valence-corrected chi connectivity index (χ4v) is 1.89. The lowest BCUT2D eigenvalue weighted by molar-refractivity contribution is -0.139. The maximum atomic E-state index is 13.6. The number of benzene rings is 1. The van der Waals surface area contributed by atoms with E-state index in [9.17, 15) is 22.4 Å². The average Bonchev–Trinajstić information content (AvgIpc) is 2.38. The molecule has 8 heteroatoms. The van der Waals surface area contributed by atoms with Crippen molar-refractivity contribution in [3.63, 3.8) is 0 Å². The highest BCUT2D eigenvalue weighted by Gasteiger charge is 2.34. The quantitative estimate of drug-likeness (QED) is 0.787. The Balaban J connectivity index is 2.38. The molecule has 1 aliphatic rings. The van der Waals surface area contributed by atoms with Gasteiger partial charge in [0.1, 0.15) is 12.2 Å². The summed E-state index contributed by atoms with van der Waals surface area (Å²) >= 11 is 0. The summed E-state index contributed by atoms with van der Waals surface area (Å²) in [4.78, 5) is 15.5. The normalized spacial score (nSPS) is 14.4. The second-order valence-electron chi connectivity index (χ2n) is 4.26. The lowest BCUT2D eigenvalue weighted by Gasteiger charge is -2.32. The van der Waals surface area contributed by atoms with Gasteiger partial charge < -0.3 is 0 Å². The molecule has 0 saturated heterocycles. The molecular formula is C13H11F4N3O. The van der Waals surface area contributed by atoms with Crippen LogP contribution in [-0.4, -0.2) is 23.8 Å². The molecule has 0 N–H and O–H groups in total. The summed E-state index contributed by atoms with van der Waals surface area (Å²) in [5.41, 5.74) is -1.38. The lowest BCUT2D eigenvalue weighted by Crippen LogP contribution is -2.45. The molecule has 1 aliphatic heterocycles. The third kappa shape index (κ3) is 3.21. The van der Waals surface area contributed by atoms with Crippen LogP contribution < -0.4 is 5.01 Å². The minimum atomic E-state index is -4.78. The van der Waals surface area contributed by atoms with Gasteiger partial charge in [-0.15, -0.1) is 0 Å². The molecule has 0 saturated carbocycles. The number of aliphatic imine (C=N–C) groups is 1. The number of rotatable bonds is 2. The van der Waals surface area contributed by atoms with Gasteiger partial charge in [-0.1, -0.05) is 0 Å². The second kappa shape index (κ2) is 5.55. The van der Waals surface area contributed by atoms with Crippen molar-refractivity contribution in [2.24, 2.45) is 4.99 Å². The minimum absolute atomic E-state index is 0.00486. The number of anilines is 1. The largest absolute Gasteiger partial charge is 0.419 e. The van der Waals surface area contributed by atoms with Crippen LogP contribution >= 0.6 is 0 Å². The van der Waals surface area contributed by atoms with E-state index in [0.717, 1.165) is 11.1 Å². The molecule has 0 spiro atoms. The van der Waals surface area contributed by atoms with Gasteiger partial charge in [0.05, 0.1) is 17.8 Å². The van der Waals surface area contributed by atoms with Gasteiger partial charge in [-0.3, -0.25) is 9.80 Å². The van der Waals surface area contributed by atoms with Crippen molar-refractivity contribution in [1.82, 2.24) is 5.01 Å². The van der Waals surface area contributed by atoms with Crippen molar-refractivity contribution in [1.29, 1.82) is 0 Å². The zero-order valence-corrected chi connectivity index (χ0v) is 10.9. The molecule has 1 aromatic carbocycles. The summed E-state index contributed by atoms with van der Waals surface area (Å²) in [6, 6.07) is 2.33. The Hall–Kier alpha value is -2.38. The number of hydrogen-bond acceptors (Lipinski definition) is 3. The van der Waals surface area contributed by atoms with E-state index in [1.165, 1.54) is 24.5 Å². The van der Waals surface area contributed by atoms with E-state index in [0.29, 0.717) is 18.7 Å². The zero-order valence-electron chi connectivity index (χ0n) is 10.9. The van der Waals surface area contributed by atoms with Gasteiger partial charge in [-0.2, -0.15) is 13.2 Å². The Morgan fingerprint density at radius 2 is 2.10 bits per heavy atom. The molecule has 0 bridgehead atoms. The number of hydrogen-bond donors (Lipinski definition) is 0. The highest BCUT2D eigenvalue weighted by molar-refractivity contribution is 5.92. The van der Waals surface area contributed by atoms with Crippen LogP contribution in [0.15, 0.2) is 35.5 Å². The number of hydrazine groups is 1. The van der Waals surface area contributed by atoms with Gasteiger partial charge in [0, 0.05) is 19.2 Å². The van der Waals surface area contributed by atoms with E-state index < -0.39 is 23.5 Å². The Kier molecular flexibility index (Phi) is 3.97. The monoisotopic (exact) mass is 301 g/mol. The lowest BCUT2D eigenvalue weighted by atomic mass is 10.2. The maximum absolute atomic E-state index is 13.6. The molecular weight excluding hydrogens is 290 g/mol. The number of amides is 1. The Bertz CT molecular complexity index is 610. The van der Waals surface area contributed by atoms with Crippen LogP contribution in [0.25, 0.3) is 0 Å². The molecule has 0 aliphatic carbocycles. The summed E-state index contributed by atoms with van der Waals surface area (Å²) in [5.74, 6) is -1.91. The van der Waals surface area contributed by atoms with E-state index in [4.69, 9.17) is 0 Å². The summed E-state index contributed by atoms with van der Waals surface area (Å²) in [5, 5.41) is 2.42. The fraction of sp³-hybridized carbons (Fsp3) is 0.231. The van der Waals surface area contributed by atoms with Crippen molar-refractivity contribution < 1.29 is 22.4 Å². The average molecular weight is 301 g/mol. The van der Waals surface area contributed by atoms with E-state index >= 15 is 0 Å². The van der Waals surface area contributed by atoms with Crippen LogP contribution in [0, 0.1) is 5.82 Å². The van der Waals surface area contributed by atoms with Crippen LogP contribution in [0.5, 0.6) is 0 Å². The van der Waals surface area contributed by atoms with Gasteiger partial charge >= 0.3 is 6.18 Å². The van der Waals surface area contributed by atoms with Crippen molar-refractivity contribution in [2.45, 2.75) is 13.1 Å². The Labute approximate surface area is 117 Å². The SMILES string of the molecule is CC(=O)N(c1ccc(C(F)(F)F)c(F)c1)N1C=NC=CC1. The molecule has 0 radical (unpaired) electrons. The van der Waals surface area contributed by atoms with Crippen molar-refractivity contribution in [3.8, 4) is 0 Å². The molecule has 21 heavy (non-hydrogen) atoms. The third-order valence-corrected chi connectivity index (χ3v) is 2.74. The first-order valence-corrected chi connectivity index (χ1v) is 5.93. The number of carbonyl (C=O) groups is 1. The highest BCUT2D eigenvalue weighted by atomic mass is 19.4. The molecule has 0 fully saturated rings. The maximum Gasteiger partial charge on any atom is 0.419 e. The standard InChI is InChI=1S/C13H11F4N3O/c1-9(21)20(19-6-2-5-18-8-19)10-3-4-11(12(14)7-10)13(15,16)17/h2-5,7-8H,6H2,1H3. The Morgan fingerprint density at radius 3 is 2.57 bits per heavy atom. The Morgan fingerprint density at radius 1 is 1.38 bits per heavy atom. The predicted octanol–water partition coefficient (Wildman–Crippen LogP) is 2.97. The second-order valence-corrected chi connectivity index (χ2v) is 4.26. The van der Waals surface area contributed by atoms with Gasteiger partial charge in [0.2, 0.25) is 5.91 Å². The number of nitrogens with zero attached hydrogens (tertiary/aromatic N) is 3. The van der Waals surface area contributed by atoms with Crippen LogP contribution in [0.4, 0.5) is 23.2 Å².